The molecule has 9 nitrogen and oxygen atoms in total. The Morgan fingerprint density at radius 2 is 1.78 bits per heavy atom. The molecule has 0 atom stereocenters. The lowest BCUT2D eigenvalue weighted by Gasteiger charge is -2.53. The van der Waals surface area contributed by atoms with Crippen LogP contribution in [0.4, 0.5) is 26.2 Å². The van der Waals surface area contributed by atoms with E-state index < -0.39 is 11.6 Å². The summed E-state index contributed by atoms with van der Waals surface area (Å²) >= 11 is 0. The first-order valence-electron chi connectivity index (χ1n) is 10.4. The number of hydrogen-bond donors (Lipinski definition) is 2. The largest absolute Gasteiger partial charge is 0.365 e. The van der Waals surface area contributed by atoms with E-state index in [1.54, 1.807) is 6.07 Å². The van der Waals surface area contributed by atoms with Crippen molar-refractivity contribution >= 4 is 17.5 Å². The fraction of sp³-hybridized carbons (Fsp3) is 0.476. The molecule has 0 unspecified atom stereocenters. The van der Waals surface area contributed by atoms with Crippen LogP contribution in [0.25, 0.3) is 5.69 Å². The summed E-state index contributed by atoms with van der Waals surface area (Å²) in [4.78, 5) is 10.6. The second-order valence-corrected chi connectivity index (χ2v) is 9.37. The smallest absolute Gasteiger partial charge is 0.229 e. The van der Waals surface area contributed by atoms with Crippen molar-refractivity contribution in [3.63, 3.8) is 0 Å². The Labute approximate surface area is 185 Å². The minimum Gasteiger partial charge on any atom is -0.365 e. The Kier molecular flexibility index (Phi) is 5.53. The van der Waals surface area contributed by atoms with Gasteiger partial charge in [-0.2, -0.15) is 4.98 Å². The zero-order chi connectivity index (χ0) is 23.1. The predicted molar refractivity (Wildman–Crippen MR) is 117 cm³/mol. The second kappa shape index (κ2) is 8.05. The lowest BCUT2D eigenvalue weighted by Crippen LogP contribution is -2.61. The van der Waals surface area contributed by atoms with Gasteiger partial charge in [0.25, 0.3) is 0 Å². The Balaban J connectivity index is 1.56. The van der Waals surface area contributed by atoms with Gasteiger partial charge >= 0.3 is 0 Å². The van der Waals surface area contributed by atoms with Gasteiger partial charge in [0.2, 0.25) is 5.95 Å². The summed E-state index contributed by atoms with van der Waals surface area (Å²) < 4.78 is 30.3. The Bertz CT molecular complexity index is 1080. The van der Waals surface area contributed by atoms with E-state index in [0.717, 1.165) is 19.0 Å². The third-order valence-electron chi connectivity index (χ3n) is 6.20. The number of likely N-dealkylation sites (tertiary alicyclic amines) is 1. The fourth-order valence-electron chi connectivity index (χ4n) is 4.35. The second-order valence-electron chi connectivity index (χ2n) is 9.37. The molecule has 0 spiro atoms. The van der Waals surface area contributed by atoms with E-state index in [9.17, 15) is 8.78 Å². The van der Waals surface area contributed by atoms with E-state index in [1.807, 2.05) is 0 Å². The third-order valence-corrected chi connectivity index (χ3v) is 6.20. The van der Waals surface area contributed by atoms with Gasteiger partial charge in [0, 0.05) is 17.1 Å². The van der Waals surface area contributed by atoms with Crippen molar-refractivity contribution in [3.8, 4) is 5.69 Å². The van der Waals surface area contributed by atoms with Crippen molar-refractivity contribution in [2.75, 3.05) is 17.7 Å². The van der Waals surface area contributed by atoms with E-state index in [-0.39, 0.29) is 34.6 Å². The maximum atomic E-state index is 14.5. The first-order chi connectivity index (χ1) is 15.0. The van der Waals surface area contributed by atoms with Crippen molar-refractivity contribution < 1.29 is 8.78 Å². The summed E-state index contributed by atoms with van der Waals surface area (Å²) in [6.07, 6.45) is 4.12. The standard InChI is InChI=1S/C21H27F2N9/c1-20(2)9-13(10-21(3,4)31(20)5)26-18-16(23)11-24-19(28-18)27-17-8-14(6-7-15(17)22)32-12-25-29-30-32/h6-8,11-13H,9-10H2,1-5H3,(H2,24,26,27,28). The van der Waals surface area contributed by atoms with Crippen molar-refractivity contribution in [2.24, 2.45) is 0 Å². The van der Waals surface area contributed by atoms with E-state index in [2.05, 4.69) is 75.8 Å². The molecule has 1 saturated heterocycles. The number of rotatable bonds is 5. The highest BCUT2D eigenvalue weighted by atomic mass is 19.1. The van der Waals surface area contributed by atoms with E-state index in [0.29, 0.717) is 5.69 Å². The number of tetrazole rings is 1. The van der Waals surface area contributed by atoms with Gasteiger partial charge < -0.3 is 10.6 Å². The topological polar surface area (TPSA) is 96.7 Å². The summed E-state index contributed by atoms with van der Waals surface area (Å²) in [5.74, 6) is -0.912. The molecule has 1 aromatic carbocycles. The fourth-order valence-corrected chi connectivity index (χ4v) is 4.35. The number of anilines is 3. The lowest BCUT2D eigenvalue weighted by molar-refractivity contribution is -0.00778. The van der Waals surface area contributed by atoms with Crippen LogP contribution < -0.4 is 10.6 Å². The molecule has 0 radical (unpaired) electrons. The van der Waals surface area contributed by atoms with Crippen LogP contribution in [0.5, 0.6) is 0 Å². The van der Waals surface area contributed by atoms with Crippen molar-refractivity contribution in [2.45, 2.75) is 57.7 Å². The molecule has 2 N–H and O–H groups in total. The molecule has 0 bridgehead atoms. The summed E-state index contributed by atoms with van der Waals surface area (Å²) in [5.41, 5.74) is 0.542. The maximum Gasteiger partial charge on any atom is 0.229 e. The van der Waals surface area contributed by atoms with E-state index in [4.69, 9.17) is 0 Å². The van der Waals surface area contributed by atoms with Crippen LogP contribution in [0.3, 0.4) is 0 Å². The molecule has 1 aliphatic rings. The van der Waals surface area contributed by atoms with E-state index in [1.165, 1.54) is 23.1 Å². The molecule has 11 heteroatoms. The van der Waals surface area contributed by atoms with Crippen LogP contribution in [0.1, 0.15) is 40.5 Å². The van der Waals surface area contributed by atoms with Crippen LogP contribution in [0.15, 0.2) is 30.7 Å². The van der Waals surface area contributed by atoms with Crippen LogP contribution in [0.2, 0.25) is 0 Å². The maximum absolute atomic E-state index is 14.5. The minimum absolute atomic E-state index is 0.0216. The predicted octanol–water partition coefficient (Wildman–Crippen LogP) is 3.54. The number of benzene rings is 1. The number of aromatic nitrogens is 6. The number of nitrogens with one attached hydrogen (secondary N) is 2. The van der Waals surface area contributed by atoms with Crippen molar-refractivity contribution in [1.82, 2.24) is 35.1 Å². The molecule has 3 heterocycles. The normalized spacial score (nSPS) is 18.5. The lowest BCUT2D eigenvalue weighted by atomic mass is 9.77. The molecule has 2 aromatic heterocycles. The molecule has 0 aliphatic carbocycles. The molecule has 1 aliphatic heterocycles. The Hall–Kier alpha value is -3.21. The summed E-state index contributed by atoms with van der Waals surface area (Å²) in [7, 11) is 2.11. The van der Waals surface area contributed by atoms with Gasteiger partial charge in [-0.1, -0.05) is 0 Å². The molecular weight excluding hydrogens is 416 g/mol. The number of nitrogens with zero attached hydrogens (tertiary/aromatic N) is 7. The molecule has 1 fully saturated rings. The average molecular weight is 444 g/mol. The quantitative estimate of drug-likeness (QED) is 0.618. The van der Waals surface area contributed by atoms with Crippen molar-refractivity contribution in [3.05, 3.63) is 42.4 Å². The molecule has 0 amide bonds. The zero-order valence-electron chi connectivity index (χ0n) is 18.8. The number of hydrogen-bond acceptors (Lipinski definition) is 8. The Morgan fingerprint density at radius 1 is 1.06 bits per heavy atom. The molecule has 32 heavy (non-hydrogen) atoms. The highest BCUT2D eigenvalue weighted by Crippen LogP contribution is 2.38. The van der Waals surface area contributed by atoms with Gasteiger partial charge in [-0.15, -0.1) is 5.10 Å². The minimum atomic E-state index is -0.562. The molecular formula is C21H27F2N9. The SMILES string of the molecule is CN1C(C)(C)CC(Nc2nc(Nc3cc(-n4cnnn4)ccc3F)ncc2F)CC1(C)C. The number of piperidine rings is 1. The first kappa shape index (κ1) is 22.0. The number of halogens is 2. The summed E-state index contributed by atoms with van der Waals surface area (Å²) in [5, 5.41) is 17.0. The average Bonchev–Trinajstić information content (AvgIpc) is 3.25. The van der Waals surface area contributed by atoms with Crippen LogP contribution >= 0.6 is 0 Å². The summed E-state index contributed by atoms with van der Waals surface area (Å²) in [6.45, 7) is 8.69. The van der Waals surface area contributed by atoms with Crippen molar-refractivity contribution in [1.29, 1.82) is 0 Å². The van der Waals surface area contributed by atoms with Gasteiger partial charge in [0.15, 0.2) is 11.6 Å². The molecule has 170 valence electrons. The highest BCUT2D eigenvalue weighted by molar-refractivity contribution is 5.59. The van der Waals surface area contributed by atoms with Gasteiger partial charge in [-0.25, -0.2) is 18.4 Å². The Morgan fingerprint density at radius 3 is 2.44 bits per heavy atom. The van der Waals surface area contributed by atoms with Crippen LogP contribution in [0, 0.1) is 11.6 Å². The van der Waals surface area contributed by atoms with E-state index >= 15 is 0 Å². The van der Waals surface area contributed by atoms with Crippen LogP contribution in [-0.4, -0.2) is 59.2 Å². The summed E-state index contributed by atoms with van der Waals surface area (Å²) in [6, 6.07) is 4.37. The monoisotopic (exact) mass is 443 g/mol. The van der Waals surface area contributed by atoms with Gasteiger partial charge in [0.1, 0.15) is 12.1 Å². The molecule has 0 saturated carbocycles. The molecule has 3 aromatic rings. The zero-order valence-corrected chi connectivity index (χ0v) is 18.8. The highest BCUT2D eigenvalue weighted by Gasteiger charge is 2.43. The third kappa shape index (κ3) is 4.38. The molecule has 4 rings (SSSR count). The van der Waals surface area contributed by atoms with Gasteiger partial charge in [0.05, 0.1) is 17.6 Å². The van der Waals surface area contributed by atoms with Crippen LogP contribution in [-0.2, 0) is 0 Å². The van der Waals surface area contributed by atoms with Gasteiger partial charge in [-0.05, 0) is 76.2 Å². The first-order valence-corrected chi connectivity index (χ1v) is 10.4. The van der Waals surface area contributed by atoms with Gasteiger partial charge in [-0.3, -0.25) is 4.90 Å².